The molecule has 0 spiro atoms. The lowest BCUT2D eigenvalue weighted by atomic mass is 9.92. The molecule has 2 heterocycles. The fraction of sp³-hybridized carbons (Fsp3) is 0.0500. The van der Waals surface area contributed by atoms with Crippen LogP contribution in [0.3, 0.4) is 0 Å². The first-order valence-corrected chi connectivity index (χ1v) is 14.8. The zero-order valence-electron chi connectivity index (χ0n) is 23.7. The molecule has 0 amide bonds. The lowest BCUT2D eigenvalue weighted by Gasteiger charge is -2.13. The maximum Gasteiger partial charge on any atom is 0.126 e. The van der Waals surface area contributed by atoms with Gasteiger partial charge < -0.3 is 14.2 Å². The first-order valence-electron chi connectivity index (χ1n) is 14.8. The van der Waals surface area contributed by atoms with Crippen LogP contribution < -0.4 is 0 Å². The van der Waals surface area contributed by atoms with E-state index in [-0.39, 0.29) is 0 Å². The maximum absolute atomic E-state index is 11.6. The van der Waals surface area contributed by atoms with E-state index in [1.165, 1.54) is 33.0 Å². The standard InChI is InChI=1S/C40H30N2O/c43-40-29(25-31-27-42(33-15-5-2-6-16-33)39-22-12-10-19-36(31)39)23-28(34-17-7-8-20-37(34)40)24-30-26-41(32-13-3-1-4-14-32)38-21-11-9-18-35(30)38/h1-23,26-27,43H,24-25H2. The number of fused-ring (bicyclic) bond motifs is 3. The molecule has 0 fully saturated rings. The summed E-state index contributed by atoms with van der Waals surface area (Å²) in [6, 6.07) is 48.6. The van der Waals surface area contributed by atoms with E-state index in [0.717, 1.165) is 39.6 Å². The SMILES string of the molecule is Oc1c(Cc2cn(-c3ccccc3)c3ccccc23)cc(Cc2cn(-c3ccccc3)c3ccccc23)c2ccccc12. The Bertz CT molecular complexity index is 2240. The smallest absolute Gasteiger partial charge is 0.126 e. The molecule has 0 aliphatic rings. The molecule has 0 atom stereocenters. The minimum absolute atomic E-state index is 0.364. The zero-order chi connectivity index (χ0) is 28.8. The van der Waals surface area contributed by atoms with Gasteiger partial charge in [0.05, 0.1) is 11.0 Å². The number of phenols is 1. The molecule has 0 saturated heterocycles. The Morgan fingerprint density at radius 3 is 1.35 bits per heavy atom. The van der Waals surface area contributed by atoms with Gasteiger partial charge in [0.15, 0.2) is 0 Å². The minimum Gasteiger partial charge on any atom is -0.507 e. The molecule has 0 aliphatic heterocycles. The molecule has 8 rings (SSSR count). The van der Waals surface area contributed by atoms with Crippen molar-refractivity contribution in [2.45, 2.75) is 12.8 Å². The number of aromatic hydroxyl groups is 1. The summed E-state index contributed by atoms with van der Waals surface area (Å²) in [5.74, 6) is 0.364. The predicted octanol–water partition coefficient (Wildman–Crippen LogP) is 9.61. The molecule has 43 heavy (non-hydrogen) atoms. The van der Waals surface area contributed by atoms with E-state index in [4.69, 9.17) is 0 Å². The number of aromatic nitrogens is 2. The van der Waals surface area contributed by atoms with Crippen LogP contribution in [-0.4, -0.2) is 14.2 Å². The fourth-order valence-electron chi connectivity index (χ4n) is 6.58. The van der Waals surface area contributed by atoms with Crippen molar-refractivity contribution in [3.05, 3.63) is 174 Å². The van der Waals surface area contributed by atoms with Gasteiger partial charge in [0.1, 0.15) is 5.75 Å². The first-order chi connectivity index (χ1) is 21.2. The van der Waals surface area contributed by atoms with Gasteiger partial charge in [-0.3, -0.25) is 0 Å². The summed E-state index contributed by atoms with van der Waals surface area (Å²) in [5.41, 5.74) is 9.25. The highest BCUT2D eigenvalue weighted by atomic mass is 16.3. The van der Waals surface area contributed by atoms with Gasteiger partial charge >= 0.3 is 0 Å². The second-order valence-electron chi connectivity index (χ2n) is 11.2. The van der Waals surface area contributed by atoms with Crippen LogP contribution >= 0.6 is 0 Å². The Labute approximate surface area is 250 Å². The lowest BCUT2D eigenvalue weighted by Crippen LogP contribution is -1.96. The van der Waals surface area contributed by atoms with Crippen molar-refractivity contribution in [3.63, 3.8) is 0 Å². The summed E-state index contributed by atoms with van der Waals surface area (Å²) in [5, 5.41) is 16.0. The quantitative estimate of drug-likeness (QED) is 0.218. The van der Waals surface area contributed by atoms with Gasteiger partial charge in [0.25, 0.3) is 0 Å². The van der Waals surface area contributed by atoms with Crippen LogP contribution in [0.1, 0.15) is 22.3 Å². The van der Waals surface area contributed by atoms with Gasteiger partial charge in [0, 0.05) is 52.8 Å². The highest BCUT2D eigenvalue weighted by Crippen LogP contribution is 2.37. The van der Waals surface area contributed by atoms with Crippen molar-refractivity contribution in [1.29, 1.82) is 0 Å². The normalized spacial score (nSPS) is 11.5. The van der Waals surface area contributed by atoms with E-state index >= 15 is 0 Å². The molecule has 8 aromatic rings. The number of benzene rings is 6. The van der Waals surface area contributed by atoms with Crippen LogP contribution in [0.2, 0.25) is 0 Å². The van der Waals surface area contributed by atoms with Crippen LogP contribution in [-0.2, 0) is 12.8 Å². The lowest BCUT2D eigenvalue weighted by molar-refractivity contribution is 0.476. The topological polar surface area (TPSA) is 30.1 Å². The van der Waals surface area contributed by atoms with Gasteiger partial charge in [-0.15, -0.1) is 0 Å². The molecule has 206 valence electrons. The van der Waals surface area contributed by atoms with Crippen LogP contribution in [0.5, 0.6) is 5.75 Å². The number of phenolic OH excluding ortho intramolecular Hbond substituents is 1. The zero-order valence-corrected chi connectivity index (χ0v) is 23.7. The number of hydrogen-bond donors (Lipinski definition) is 1. The van der Waals surface area contributed by atoms with Gasteiger partial charge in [-0.05, 0) is 64.0 Å². The Hall–Kier alpha value is -5.54. The number of hydrogen-bond acceptors (Lipinski definition) is 1. The molecule has 0 saturated carbocycles. The second kappa shape index (κ2) is 10.4. The van der Waals surface area contributed by atoms with E-state index in [1.807, 2.05) is 18.2 Å². The van der Waals surface area contributed by atoms with Crippen molar-refractivity contribution in [1.82, 2.24) is 9.13 Å². The molecule has 0 unspecified atom stereocenters. The molecule has 0 bridgehead atoms. The molecule has 0 aliphatic carbocycles. The predicted molar refractivity (Wildman–Crippen MR) is 178 cm³/mol. The van der Waals surface area contributed by atoms with Crippen molar-refractivity contribution in [3.8, 4) is 17.1 Å². The van der Waals surface area contributed by atoms with E-state index in [0.29, 0.717) is 12.2 Å². The van der Waals surface area contributed by atoms with Crippen molar-refractivity contribution >= 4 is 32.6 Å². The molecular formula is C40H30N2O. The highest BCUT2D eigenvalue weighted by molar-refractivity contribution is 5.94. The van der Waals surface area contributed by atoms with Gasteiger partial charge in [-0.2, -0.15) is 0 Å². The fourth-order valence-corrected chi connectivity index (χ4v) is 6.58. The summed E-state index contributed by atoms with van der Waals surface area (Å²) in [6.07, 6.45) is 5.90. The van der Waals surface area contributed by atoms with Crippen molar-refractivity contribution in [2.75, 3.05) is 0 Å². The average Bonchev–Trinajstić information content (AvgIpc) is 3.63. The highest BCUT2D eigenvalue weighted by Gasteiger charge is 2.17. The third kappa shape index (κ3) is 4.38. The summed E-state index contributed by atoms with van der Waals surface area (Å²) >= 11 is 0. The molecule has 1 N–H and O–H groups in total. The summed E-state index contributed by atoms with van der Waals surface area (Å²) < 4.78 is 4.54. The summed E-state index contributed by atoms with van der Waals surface area (Å²) in [4.78, 5) is 0. The third-order valence-corrected chi connectivity index (χ3v) is 8.60. The third-order valence-electron chi connectivity index (χ3n) is 8.60. The number of rotatable bonds is 6. The van der Waals surface area contributed by atoms with E-state index in [2.05, 4.69) is 143 Å². The summed E-state index contributed by atoms with van der Waals surface area (Å²) in [6.45, 7) is 0. The molecular weight excluding hydrogens is 524 g/mol. The number of nitrogens with zero attached hydrogens (tertiary/aromatic N) is 2. The van der Waals surface area contributed by atoms with E-state index in [9.17, 15) is 5.11 Å². The largest absolute Gasteiger partial charge is 0.507 e. The van der Waals surface area contributed by atoms with Gasteiger partial charge in [-0.1, -0.05) is 103 Å². The van der Waals surface area contributed by atoms with E-state index in [1.54, 1.807) is 0 Å². The maximum atomic E-state index is 11.6. The van der Waals surface area contributed by atoms with Crippen LogP contribution in [0, 0.1) is 0 Å². The Balaban J connectivity index is 1.26. The van der Waals surface area contributed by atoms with Crippen molar-refractivity contribution in [2.24, 2.45) is 0 Å². The molecule has 0 radical (unpaired) electrons. The second-order valence-corrected chi connectivity index (χ2v) is 11.2. The van der Waals surface area contributed by atoms with Crippen LogP contribution in [0.15, 0.2) is 152 Å². The first kappa shape index (κ1) is 25.2. The summed E-state index contributed by atoms with van der Waals surface area (Å²) in [7, 11) is 0. The molecule has 3 nitrogen and oxygen atoms in total. The molecule has 3 heteroatoms. The minimum atomic E-state index is 0.364. The van der Waals surface area contributed by atoms with Crippen LogP contribution in [0.4, 0.5) is 0 Å². The average molecular weight is 555 g/mol. The van der Waals surface area contributed by atoms with E-state index < -0.39 is 0 Å². The van der Waals surface area contributed by atoms with Crippen molar-refractivity contribution < 1.29 is 5.11 Å². The Kier molecular flexibility index (Phi) is 6.08. The number of para-hydroxylation sites is 4. The molecule has 6 aromatic carbocycles. The Morgan fingerprint density at radius 1 is 0.395 bits per heavy atom. The monoisotopic (exact) mass is 554 g/mol. The Morgan fingerprint density at radius 2 is 0.814 bits per heavy atom. The van der Waals surface area contributed by atoms with Gasteiger partial charge in [0.2, 0.25) is 0 Å². The van der Waals surface area contributed by atoms with Gasteiger partial charge in [-0.25, -0.2) is 0 Å². The molecule has 2 aromatic heterocycles. The van der Waals surface area contributed by atoms with Crippen LogP contribution in [0.25, 0.3) is 44.0 Å².